The third-order valence-electron chi connectivity index (χ3n) is 10.9. The van der Waals surface area contributed by atoms with E-state index in [1.807, 2.05) is 0 Å². The average molecular weight is 736 g/mol. The highest BCUT2D eigenvalue weighted by Gasteiger charge is 2.20. The second-order valence-electron chi connectivity index (χ2n) is 17.1. The van der Waals surface area contributed by atoms with E-state index in [1.54, 1.807) is 0 Å². The number of nitrogens with one attached hydrogen (secondary N) is 1. The van der Waals surface area contributed by atoms with Crippen molar-refractivity contribution in [2.24, 2.45) is 5.41 Å². The number of hydrogen-bond donors (Lipinski definition) is 1. The summed E-state index contributed by atoms with van der Waals surface area (Å²) < 4.78 is 11.7. The summed E-state index contributed by atoms with van der Waals surface area (Å²) in [5.74, 6) is 0.0219. The van der Waals surface area contributed by atoms with Crippen LogP contribution in [0.4, 0.5) is 0 Å². The van der Waals surface area contributed by atoms with Gasteiger partial charge in [0.1, 0.15) is 6.10 Å². The largest absolute Gasteiger partial charge is 0.465 e. The van der Waals surface area contributed by atoms with E-state index in [-0.39, 0.29) is 23.5 Å². The number of rotatable bonds is 42. The van der Waals surface area contributed by atoms with Gasteiger partial charge in [-0.1, -0.05) is 189 Å². The Bertz CT molecular complexity index is 736. The Morgan fingerprint density at radius 1 is 0.462 bits per heavy atom. The molecule has 310 valence electrons. The standard InChI is InChI=1S/C47H93NO4/c1-6-9-12-15-18-21-25-31-38-45(49)51-43-47(4,5)40-33-28-35-42-48-41-34-27-22-26-32-39-46(50)52-44(36-29-23-19-16-13-10-7-2)37-30-24-20-17-14-11-8-3/h44,48H,6-43H2,1-5H3. The Labute approximate surface area is 326 Å². The molecule has 0 aromatic carbocycles. The van der Waals surface area contributed by atoms with Gasteiger partial charge < -0.3 is 14.8 Å². The molecular formula is C47H93NO4. The molecule has 0 saturated carbocycles. The van der Waals surface area contributed by atoms with E-state index in [2.05, 4.69) is 39.9 Å². The zero-order valence-electron chi connectivity index (χ0n) is 36.1. The molecule has 0 unspecified atom stereocenters. The number of carbonyl (C=O) groups excluding carboxylic acids is 2. The number of ether oxygens (including phenoxy) is 2. The van der Waals surface area contributed by atoms with Crippen molar-refractivity contribution >= 4 is 11.9 Å². The predicted molar refractivity (Wildman–Crippen MR) is 226 cm³/mol. The van der Waals surface area contributed by atoms with Crippen LogP contribution in [0.5, 0.6) is 0 Å². The summed E-state index contributed by atoms with van der Waals surface area (Å²) in [7, 11) is 0. The lowest BCUT2D eigenvalue weighted by molar-refractivity contribution is -0.150. The predicted octanol–water partition coefficient (Wildman–Crippen LogP) is 14.8. The molecule has 0 atom stereocenters. The number of unbranched alkanes of at least 4 members (excludes halogenated alkanes) is 25. The molecular weight excluding hydrogens is 643 g/mol. The topological polar surface area (TPSA) is 64.6 Å². The van der Waals surface area contributed by atoms with E-state index in [9.17, 15) is 9.59 Å². The number of esters is 2. The van der Waals surface area contributed by atoms with Gasteiger partial charge in [0.05, 0.1) is 6.61 Å². The van der Waals surface area contributed by atoms with Crippen LogP contribution in [0.1, 0.15) is 259 Å². The minimum absolute atomic E-state index is 0.0161. The van der Waals surface area contributed by atoms with Crippen LogP contribution in [0, 0.1) is 5.41 Å². The first-order chi connectivity index (χ1) is 25.3. The molecule has 0 bridgehead atoms. The quantitative estimate of drug-likeness (QED) is 0.0499. The fourth-order valence-corrected chi connectivity index (χ4v) is 7.19. The van der Waals surface area contributed by atoms with Gasteiger partial charge in [0.15, 0.2) is 0 Å². The Morgan fingerprint density at radius 3 is 1.29 bits per heavy atom. The van der Waals surface area contributed by atoms with E-state index >= 15 is 0 Å². The zero-order valence-corrected chi connectivity index (χ0v) is 36.1. The molecule has 0 heterocycles. The summed E-state index contributed by atoms with van der Waals surface area (Å²) in [5, 5.41) is 3.62. The van der Waals surface area contributed by atoms with E-state index in [0.717, 1.165) is 58.0 Å². The molecule has 5 nitrogen and oxygen atoms in total. The first kappa shape index (κ1) is 50.9. The van der Waals surface area contributed by atoms with Gasteiger partial charge >= 0.3 is 11.9 Å². The molecule has 0 spiro atoms. The van der Waals surface area contributed by atoms with E-state index < -0.39 is 0 Å². The van der Waals surface area contributed by atoms with Crippen LogP contribution in [0.2, 0.25) is 0 Å². The fourth-order valence-electron chi connectivity index (χ4n) is 7.19. The normalized spacial score (nSPS) is 11.8. The van der Waals surface area contributed by atoms with Gasteiger partial charge in [0, 0.05) is 12.8 Å². The van der Waals surface area contributed by atoms with Crippen molar-refractivity contribution in [3.63, 3.8) is 0 Å². The molecule has 0 aromatic heterocycles. The summed E-state index contributed by atoms with van der Waals surface area (Å²) >= 11 is 0. The Morgan fingerprint density at radius 2 is 0.827 bits per heavy atom. The third kappa shape index (κ3) is 38.6. The molecule has 0 radical (unpaired) electrons. The van der Waals surface area contributed by atoms with Crippen molar-refractivity contribution < 1.29 is 19.1 Å². The highest BCUT2D eigenvalue weighted by atomic mass is 16.5. The average Bonchev–Trinajstić information content (AvgIpc) is 3.12. The van der Waals surface area contributed by atoms with Crippen molar-refractivity contribution in [1.82, 2.24) is 5.32 Å². The summed E-state index contributed by atoms with van der Waals surface area (Å²) in [5.41, 5.74) is 0.0568. The zero-order chi connectivity index (χ0) is 38.2. The van der Waals surface area contributed by atoms with Crippen LogP contribution in [-0.4, -0.2) is 37.7 Å². The van der Waals surface area contributed by atoms with Gasteiger partial charge in [-0.25, -0.2) is 0 Å². The lowest BCUT2D eigenvalue weighted by atomic mass is 9.88. The molecule has 0 aliphatic carbocycles. The first-order valence-electron chi connectivity index (χ1n) is 23.4. The third-order valence-corrected chi connectivity index (χ3v) is 10.9. The molecule has 0 rings (SSSR count). The second-order valence-corrected chi connectivity index (χ2v) is 17.1. The van der Waals surface area contributed by atoms with Crippen LogP contribution in [0.3, 0.4) is 0 Å². The molecule has 0 aliphatic rings. The minimum Gasteiger partial charge on any atom is -0.465 e. The summed E-state index contributed by atoms with van der Waals surface area (Å²) in [4.78, 5) is 24.9. The Balaban J connectivity index is 3.83. The molecule has 0 amide bonds. The fraction of sp³-hybridized carbons (Fsp3) is 0.957. The van der Waals surface area contributed by atoms with Crippen LogP contribution in [0.25, 0.3) is 0 Å². The molecule has 1 N–H and O–H groups in total. The first-order valence-corrected chi connectivity index (χ1v) is 23.4. The maximum absolute atomic E-state index is 12.7. The van der Waals surface area contributed by atoms with E-state index in [1.165, 1.54) is 167 Å². The van der Waals surface area contributed by atoms with Crippen molar-refractivity contribution in [1.29, 1.82) is 0 Å². The van der Waals surface area contributed by atoms with Gasteiger partial charge in [-0.3, -0.25) is 9.59 Å². The Hall–Kier alpha value is -1.10. The van der Waals surface area contributed by atoms with Gasteiger partial charge in [0.25, 0.3) is 0 Å². The van der Waals surface area contributed by atoms with Crippen LogP contribution in [-0.2, 0) is 19.1 Å². The Kier molecular flexibility index (Phi) is 38.8. The number of hydrogen-bond acceptors (Lipinski definition) is 5. The lowest BCUT2D eigenvalue weighted by Crippen LogP contribution is -2.22. The molecule has 5 heteroatoms. The van der Waals surface area contributed by atoms with Gasteiger partial charge in [-0.2, -0.15) is 0 Å². The molecule has 0 aromatic rings. The number of carbonyl (C=O) groups is 2. The van der Waals surface area contributed by atoms with Crippen LogP contribution in [0.15, 0.2) is 0 Å². The SMILES string of the molecule is CCCCCCCCCCC(=O)OCC(C)(C)CCCCCNCCCCCCCC(=O)OC(CCCCCCCCC)CCCCCCCCC. The second kappa shape index (κ2) is 39.6. The highest BCUT2D eigenvalue weighted by molar-refractivity contribution is 5.69. The highest BCUT2D eigenvalue weighted by Crippen LogP contribution is 2.24. The maximum atomic E-state index is 12.7. The van der Waals surface area contributed by atoms with Crippen molar-refractivity contribution in [3.8, 4) is 0 Å². The molecule has 0 saturated heterocycles. The van der Waals surface area contributed by atoms with Crippen LogP contribution >= 0.6 is 0 Å². The van der Waals surface area contributed by atoms with Gasteiger partial charge in [-0.15, -0.1) is 0 Å². The van der Waals surface area contributed by atoms with E-state index in [0.29, 0.717) is 19.4 Å². The molecule has 0 fully saturated rings. The smallest absolute Gasteiger partial charge is 0.306 e. The summed E-state index contributed by atoms with van der Waals surface area (Å²) in [6.07, 6.45) is 42.2. The monoisotopic (exact) mass is 736 g/mol. The van der Waals surface area contributed by atoms with Gasteiger partial charge in [-0.05, 0) is 76.3 Å². The minimum atomic E-state index is -0.0161. The van der Waals surface area contributed by atoms with Crippen LogP contribution < -0.4 is 5.32 Å². The molecule has 52 heavy (non-hydrogen) atoms. The van der Waals surface area contributed by atoms with Crippen molar-refractivity contribution in [2.75, 3.05) is 19.7 Å². The van der Waals surface area contributed by atoms with Gasteiger partial charge in [0.2, 0.25) is 0 Å². The summed E-state index contributed by atoms with van der Waals surface area (Å²) in [6.45, 7) is 14.0. The lowest BCUT2D eigenvalue weighted by Gasteiger charge is -2.24. The van der Waals surface area contributed by atoms with Crippen molar-refractivity contribution in [2.45, 2.75) is 265 Å². The molecule has 0 aliphatic heterocycles. The van der Waals surface area contributed by atoms with Crippen molar-refractivity contribution in [3.05, 3.63) is 0 Å². The maximum Gasteiger partial charge on any atom is 0.306 e. The summed E-state index contributed by atoms with van der Waals surface area (Å²) in [6, 6.07) is 0. The van der Waals surface area contributed by atoms with E-state index in [4.69, 9.17) is 9.47 Å².